The Hall–Kier alpha value is 0.210. The number of hydrogen-bond donors (Lipinski definition) is 2. The lowest BCUT2D eigenvalue weighted by Gasteiger charge is -2.02. The Morgan fingerprint density at radius 3 is 2.56 bits per heavy atom. The maximum atomic E-state index is 8.62. The van der Waals surface area contributed by atoms with Crippen LogP contribution >= 0.6 is 12.4 Å². The van der Waals surface area contributed by atoms with Gasteiger partial charge in [0.2, 0.25) is 0 Å². The summed E-state index contributed by atoms with van der Waals surface area (Å²) in [4.78, 5) is 0. The van der Waals surface area contributed by atoms with E-state index in [1.54, 1.807) is 0 Å². The van der Waals surface area contributed by atoms with E-state index in [1.807, 2.05) is 0 Å². The molecule has 56 valence electrons. The standard InChI is InChI=1S/C6H13NO.ClH/c1-5-2-6(4-8)7-3-5;/h5-8H,2-4H2,1H3;1H/t5-,6+;/m0./s1. The van der Waals surface area contributed by atoms with Gasteiger partial charge in [-0.3, -0.25) is 0 Å². The number of halogens is 1. The second-order valence-electron chi connectivity index (χ2n) is 2.63. The van der Waals surface area contributed by atoms with Crippen LogP contribution in [0.4, 0.5) is 0 Å². The fourth-order valence-corrected chi connectivity index (χ4v) is 1.16. The number of nitrogens with one attached hydrogen (secondary N) is 1. The Bertz CT molecular complexity index is 79.5. The molecular weight excluding hydrogens is 138 g/mol. The van der Waals surface area contributed by atoms with Crippen LogP contribution < -0.4 is 5.32 Å². The molecule has 1 saturated heterocycles. The third-order valence-electron chi connectivity index (χ3n) is 1.66. The minimum Gasteiger partial charge on any atom is -0.395 e. The van der Waals surface area contributed by atoms with E-state index in [0.717, 1.165) is 18.9 Å². The van der Waals surface area contributed by atoms with Crippen LogP contribution in [0.5, 0.6) is 0 Å². The summed E-state index contributed by atoms with van der Waals surface area (Å²) in [6.07, 6.45) is 1.14. The fraction of sp³-hybridized carbons (Fsp3) is 1.00. The SMILES string of the molecule is C[C@@H]1CN[C@@H](CO)C1.Cl. The van der Waals surface area contributed by atoms with Gasteiger partial charge in [0.15, 0.2) is 0 Å². The molecule has 1 fully saturated rings. The predicted octanol–water partition coefficient (Wildman–Crippen LogP) is 0.398. The fourth-order valence-electron chi connectivity index (χ4n) is 1.16. The van der Waals surface area contributed by atoms with Gasteiger partial charge in [0.25, 0.3) is 0 Å². The van der Waals surface area contributed by atoms with E-state index in [2.05, 4.69) is 12.2 Å². The van der Waals surface area contributed by atoms with Crippen molar-refractivity contribution >= 4 is 12.4 Å². The molecule has 9 heavy (non-hydrogen) atoms. The van der Waals surface area contributed by atoms with E-state index in [0.29, 0.717) is 12.6 Å². The molecule has 2 nitrogen and oxygen atoms in total. The van der Waals surface area contributed by atoms with Crippen LogP contribution in [0.25, 0.3) is 0 Å². The van der Waals surface area contributed by atoms with Crippen LogP contribution in [-0.2, 0) is 0 Å². The molecule has 3 heteroatoms. The molecule has 0 aromatic rings. The highest BCUT2D eigenvalue weighted by molar-refractivity contribution is 5.85. The molecule has 0 aliphatic carbocycles. The molecule has 2 atom stereocenters. The Labute approximate surface area is 62.1 Å². The third kappa shape index (κ3) is 2.52. The summed E-state index contributed by atoms with van der Waals surface area (Å²) in [6, 6.07) is 0.380. The minimum atomic E-state index is 0. The van der Waals surface area contributed by atoms with Gasteiger partial charge < -0.3 is 10.4 Å². The van der Waals surface area contributed by atoms with Gasteiger partial charge in [-0.2, -0.15) is 0 Å². The van der Waals surface area contributed by atoms with E-state index < -0.39 is 0 Å². The predicted molar refractivity (Wildman–Crippen MR) is 39.9 cm³/mol. The monoisotopic (exact) mass is 151 g/mol. The summed E-state index contributed by atoms with van der Waals surface area (Å²) in [6.45, 7) is 3.57. The summed E-state index contributed by atoms with van der Waals surface area (Å²) in [5.74, 6) is 0.757. The van der Waals surface area contributed by atoms with E-state index in [4.69, 9.17) is 5.11 Å². The van der Waals surface area contributed by atoms with Crippen molar-refractivity contribution in [1.82, 2.24) is 5.32 Å². The van der Waals surface area contributed by atoms with Crippen molar-refractivity contribution in [1.29, 1.82) is 0 Å². The van der Waals surface area contributed by atoms with E-state index >= 15 is 0 Å². The molecule has 1 aliphatic heterocycles. The molecule has 0 spiro atoms. The van der Waals surface area contributed by atoms with Gasteiger partial charge in [0.05, 0.1) is 6.61 Å². The lowest BCUT2D eigenvalue weighted by Crippen LogP contribution is -2.24. The molecule has 1 aliphatic rings. The summed E-state index contributed by atoms with van der Waals surface area (Å²) < 4.78 is 0. The topological polar surface area (TPSA) is 32.3 Å². The second kappa shape index (κ2) is 4.09. The average Bonchev–Trinajstić information content (AvgIpc) is 2.14. The minimum absolute atomic E-state index is 0. The van der Waals surface area contributed by atoms with E-state index in [1.165, 1.54) is 0 Å². The maximum absolute atomic E-state index is 8.62. The molecule has 0 saturated carbocycles. The highest BCUT2D eigenvalue weighted by Gasteiger charge is 2.18. The molecule has 2 N–H and O–H groups in total. The summed E-state index contributed by atoms with van der Waals surface area (Å²) in [7, 11) is 0. The van der Waals surface area contributed by atoms with Crippen molar-refractivity contribution < 1.29 is 5.11 Å². The zero-order valence-corrected chi connectivity index (χ0v) is 6.45. The average molecular weight is 152 g/mol. The number of aliphatic hydroxyl groups is 1. The molecule has 0 bridgehead atoms. The highest BCUT2D eigenvalue weighted by Crippen LogP contribution is 2.11. The summed E-state index contributed by atoms with van der Waals surface area (Å²) in [5, 5.41) is 11.8. The first-order valence-electron chi connectivity index (χ1n) is 3.17. The summed E-state index contributed by atoms with van der Waals surface area (Å²) >= 11 is 0. The number of aliphatic hydroxyl groups excluding tert-OH is 1. The first kappa shape index (κ1) is 9.21. The van der Waals surface area contributed by atoms with Gasteiger partial charge in [-0.05, 0) is 18.9 Å². The van der Waals surface area contributed by atoms with Crippen LogP contribution in [-0.4, -0.2) is 24.3 Å². The van der Waals surface area contributed by atoms with Crippen molar-refractivity contribution in [3.05, 3.63) is 0 Å². The van der Waals surface area contributed by atoms with Gasteiger partial charge in [-0.1, -0.05) is 6.92 Å². The quantitative estimate of drug-likeness (QED) is 0.569. The smallest absolute Gasteiger partial charge is 0.0584 e. The first-order chi connectivity index (χ1) is 3.83. The van der Waals surface area contributed by atoms with Crippen LogP contribution in [0.3, 0.4) is 0 Å². The molecule has 1 heterocycles. The largest absolute Gasteiger partial charge is 0.395 e. The Morgan fingerprint density at radius 1 is 1.67 bits per heavy atom. The molecule has 0 radical (unpaired) electrons. The van der Waals surface area contributed by atoms with Gasteiger partial charge in [-0.25, -0.2) is 0 Å². The summed E-state index contributed by atoms with van der Waals surface area (Å²) in [5.41, 5.74) is 0. The number of hydrogen-bond acceptors (Lipinski definition) is 2. The van der Waals surface area contributed by atoms with Gasteiger partial charge >= 0.3 is 0 Å². The number of rotatable bonds is 1. The zero-order chi connectivity index (χ0) is 5.98. The highest BCUT2D eigenvalue weighted by atomic mass is 35.5. The Morgan fingerprint density at radius 2 is 2.33 bits per heavy atom. The van der Waals surface area contributed by atoms with E-state index in [9.17, 15) is 0 Å². The molecule has 0 aromatic carbocycles. The third-order valence-corrected chi connectivity index (χ3v) is 1.66. The maximum Gasteiger partial charge on any atom is 0.0584 e. The lowest BCUT2D eigenvalue weighted by atomic mass is 10.1. The Kier molecular flexibility index (Phi) is 4.19. The van der Waals surface area contributed by atoms with E-state index in [-0.39, 0.29) is 12.4 Å². The molecule has 0 unspecified atom stereocenters. The lowest BCUT2D eigenvalue weighted by molar-refractivity contribution is 0.253. The van der Waals surface area contributed by atoms with Crippen molar-refractivity contribution in [2.75, 3.05) is 13.2 Å². The Balaban J connectivity index is 0.000000640. The second-order valence-corrected chi connectivity index (χ2v) is 2.63. The normalized spacial score (nSPS) is 34.0. The van der Waals surface area contributed by atoms with Crippen molar-refractivity contribution in [3.8, 4) is 0 Å². The van der Waals surface area contributed by atoms with Crippen LogP contribution in [0, 0.1) is 5.92 Å². The van der Waals surface area contributed by atoms with Crippen LogP contribution in [0.15, 0.2) is 0 Å². The zero-order valence-electron chi connectivity index (χ0n) is 5.63. The van der Waals surface area contributed by atoms with Crippen LogP contribution in [0.2, 0.25) is 0 Å². The molecule has 0 amide bonds. The molecular formula is C6H14ClNO. The van der Waals surface area contributed by atoms with Crippen molar-refractivity contribution in [2.45, 2.75) is 19.4 Å². The van der Waals surface area contributed by atoms with Gasteiger partial charge in [-0.15, -0.1) is 12.4 Å². The van der Waals surface area contributed by atoms with Crippen molar-refractivity contribution in [3.63, 3.8) is 0 Å². The van der Waals surface area contributed by atoms with Gasteiger partial charge in [0, 0.05) is 6.04 Å². The first-order valence-corrected chi connectivity index (χ1v) is 3.17. The van der Waals surface area contributed by atoms with Gasteiger partial charge in [0.1, 0.15) is 0 Å². The molecule has 0 aromatic heterocycles. The van der Waals surface area contributed by atoms with Crippen molar-refractivity contribution in [2.24, 2.45) is 5.92 Å². The molecule has 1 rings (SSSR count). The van der Waals surface area contributed by atoms with Crippen LogP contribution in [0.1, 0.15) is 13.3 Å².